The van der Waals surface area contributed by atoms with Crippen LogP contribution < -0.4 is 5.73 Å². The highest BCUT2D eigenvalue weighted by Crippen LogP contribution is 2.38. The van der Waals surface area contributed by atoms with E-state index in [1.54, 1.807) is 35.0 Å². The zero-order chi connectivity index (χ0) is 26.2. The van der Waals surface area contributed by atoms with E-state index in [0.717, 1.165) is 35.2 Å². The molecule has 0 radical (unpaired) electrons. The minimum atomic E-state index is -0.923. The van der Waals surface area contributed by atoms with Gasteiger partial charge in [0.25, 0.3) is 0 Å². The van der Waals surface area contributed by atoms with Crippen molar-refractivity contribution in [3.05, 3.63) is 111 Å². The maximum Gasteiger partial charge on any atom is 0.248 e. The summed E-state index contributed by atoms with van der Waals surface area (Å²) >= 11 is 13.5. The molecule has 1 heterocycles. The second-order valence-electron chi connectivity index (χ2n) is 8.56. The highest BCUT2D eigenvalue weighted by Gasteiger charge is 2.30. The average Bonchev–Trinajstić information content (AvgIpc) is 3.25. The minimum Gasteiger partial charge on any atom is -0.366 e. The van der Waals surface area contributed by atoms with Crippen LogP contribution in [0.25, 0.3) is 5.69 Å². The number of imidazole rings is 1. The number of nitrogens with zero attached hydrogens (tertiary/aromatic N) is 2. The molecule has 4 rings (SSSR count). The number of rotatable bonds is 7. The molecule has 0 atom stereocenters. The number of aromatic nitrogens is 2. The highest BCUT2D eigenvalue weighted by molar-refractivity contribution is 7.98. The van der Waals surface area contributed by atoms with Crippen LogP contribution in [0.15, 0.2) is 66.0 Å². The van der Waals surface area contributed by atoms with Crippen molar-refractivity contribution >= 4 is 40.9 Å². The van der Waals surface area contributed by atoms with Crippen LogP contribution >= 0.6 is 35.0 Å². The number of hydrogen-bond acceptors (Lipinski definition) is 3. The topological polar surface area (TPSA) is 60.9 Å². The number of primary amides is 1. The summed E-state index contributed by atoms with van der Waals surface area (Å²) in [7, 11) is 0. The predicted molar refractivity (Wildman–Crippen MR) is 137 cm³/mol. The number of halogens is 5. The Kier molecular flexibility index (Phi) is 7.41. The summed E-state index contributed by atoms with van der Waals surface area (Å²) in [6.45, 7) is 3.94. The molecule has 0 aliphatic rings. The number of hydrogen-bond donors (Lipinski definition) is 1. The van der Waals surface area contributed by atoms with E-state index in [9.17, 15) is 18.0 Å². The van der Waals surface area contributed by atoms with Gasteiger partial charge in [-0.1, -0.05) is 54.9 Å². The van der Waals surface area contributed by atoms with E-state index in [1.165, 1.54) is 12.1 Å². The predicted octanol–water partition coefficient (Wildman–Crippen LogP) is 7.31. The van der Waals surface area contributed by atoms with Gasteiger partial charge >= 0.3 is 0 Å². The molecule has 0 fully saturated rings. The first-order valence-electron chi connectivity index (χ1n) is 10.7. The van der Waals surface area contributed by atoms with Crippen molar-refractivity contribution in [2.75, 3.05) is 0 Å². The minimum absolute atomic E-state index is 0.110. The van der Waals surface area contributed by atoms with Crippen LogP contribution in [-0.4, -0.2) is 15.5 Å². The fourth-order valence-corrected chi connectivity index (χ4v) is 5.08. The van der Waals surface area contributed by atoms with Crippen molar-refractivity contribution in [3.63, 3.8) is 0 Å². The molecule has 4 nitrogen and oxygen atoms in total. The Morgan fingerprint density at radius 3 is 2.22 bits per heavy atom. The lowest BCUT2D eigenvalue weighted by atomic mass is 9.81. The number of carbonyl (C=O) groups is 1. The van der Waals surface area contributed by atoms with E-state index in [0.29, 0.717) is 20.9 Å². The Morgan fingerprint density at radius 1 is 1.00 bits per heavy atom. The van der Waals surface area contributed by atoms with Gasteiger partial charge in [-0.25, -0.2) is 18.2 Å². The Balaban J connectivity index is 1.77. The van der Waals surface area contributed by atoms with Gasteiger partial charge in [0.05, 0.1) is 21.9 Å². The molecule has 0 saturated carbocycles. The largest absolute Gasteiger partial charge is 0.366 e. The van der Waals surface area contributed by atoms with Crippen LogP contribution in [0, 0.1) is 17.5 Å². The fourth-order valence-electron chi connectivity index (χ4n) is 3.77. The fraction of sp³-hybridized carbons (Fsp3) is 0.154. The van der Waals surface area contributed by atoms with Gasteiger partial charge in [-0.2, -0.15) is 0 Å². The van der Waals surface area contributed by atoms with E-state index in [1.807, 2.05) is 19.9 Å². The Morgan fingerprint density at radius 2 is 1.64 bits per heavy atom. The number of nitrogens with two attached hydrogens (primary N) is 1. The van der Waals surface area contributed by atoms with E-state index in [2.05, 4.69) is 4.98 Å². The van der Waals surface area contributed by atoms with Crippen molar-refractivity contribution in [3.8, 4) is 5.69 Å². The molecule has 1 aromatic heterocycles. The summed E-state index contributed by atoms with van der Waals surface area (Å²) in [4.78, 5) is 15.8. The SMILES string of the molecule is CC(C)(c1ccc(Cl)c(Cl)c1)c1cnc(SCc2c(F)cc(C(N)=O)cc2F)n1-c1ccc(F)cc1. The molecule has 0 aliphatic heterocycles. The molecular weight excluding hydrogens is 530 g/mol. The number of carbonyl (C=O) groups excluding carboxylic acids is 1. The molecule has 3 aromatic carbocycles. The highest BCUT2D eigenvalue weighted by atomic mass is 35.5. The molecule has 0 saturated heterocycles. The molecule has 0 unspecified atom stereocenters. The zero-order valence-corrected chi connectivity index (χ0v) is 21.5. The molecule has 10 heteroatoms. The van der Waals surface area contributed by atoms with Gasteiger partial charge in [0.15, 0.2) is 5.16 Å². The molecule has 2 N–H and O–H groups in total. The Labute approximate surface area is 220 Å². The van der Waals surface area contributed by atoms with Crippen LogP contribution in [0.3, 0.4) is 0 Å². The van der Waals surface area contributed by atoms with Gasteiger partial charge in [-0.3, -0.25) is 9.36 Å². The molecule has 0 bridgehead atoms. The molecule has 186 valence electrons. The van der Waals surface area contributed by atoms with Crippen molar-refractivity contribution < 1.29 is 18.0 Å². The van der Waals surface area contributed by atoms with Crippen molar-refractivity contribution in [1.82, 2.24) is 9.55 Å². The number of benzene rings is 3. The third kappa shape index (κ3) is 5.12. The normalized spacial score (nSPS) is 11.6. The molecule has 36 heavy (non-hydrogen) atoms. The van der Waals surface area contributed by atoms with Gasteiger partial charge in [-0.05, 0) is 54.1 Å². The Hall–Kier alpha value is -2.94. The van der Waals surface area contributed by atoms with Crippen molar-refractivity contribution in [2.45, 2.75) is 30.2 Å². The molecule has 0 spiro atoms. The molecule has 1 amide bonds. The van der Waals surface area contributed by atoms with E-state index in [-0.39, 0.29) is 16.9 Å². The first-order chi connectivity index (χ1) is 17.0. The van der Waals surface area contributed by atoms with E-state index in [4.69, 9.17) is 28.9 Å². The van der Waals surface area contributed by atoms with Gasteiger partial charge in [0, 0.05) is 28.0 Å². The summed E-state index contributed by atoms with van der Waals surface area (Å²) in [6.07, 6.45) is 1.66. The summed E-state index contributed by atoms with van der Waals surface area (Å²) in [5.41, 5.74) is 6.24. The lowest BCUT2D eigenvalue weighted by molar-refractivity contribution is 0.0999. The average molecular weight is 550 g/mol. The smallest absolute Gasteiger partial charge is 0.248 e. The first kappa shape index (κ1) is 26.1. The first-order valence-corrected chi connectivity index (χ1v) is 12.4. The zero-order valence-electron chi connectivity index (χ0n) is 19.2. The van der Waals surface area contributed by atoms with Crippen LogP contribution in [0.4, 0.5) is 13.2 Å². The summed E-state index contributed by atoms with van der Waals surface area (Å²) < 4.78 is 44.6. The Bertz CT molecular complexity index is 1430. The maximum absolute atomic E-state index is 14.6. The van der Waals surface area contributed by atoms with Crippen molar-refractivity contribution in [2.24, 2.45) is 5.73 Å². The maximum atomic E-state index is 14.6. The number of amides is 1. The molecule has 4 aromatic rings. The molecule has 0 aliphatic carbocycles. The van der Waals surface area contributed by atoms with Crippen LogP contribution in [0.2, 0.25) is 10.0 Å². The van der Waals surface area contributed by atoms with Crippen molar-refractivity contribution in [1.29, 1.82) is 0 Å². The van der Waals surface area contributed by atoms with Crippen LogP contribution in [0.5, 0.6) is 0 Å². The standard InChI is InChI=1S/C26H20Cl2F3N3OS/c1-26(2,15-3-8-19(27)20(28)11-15)23-12-33-25(34(23)17-6-4-16(29)5-7-17)36-13-18-21(30)9-14(24(32)35)10-22(18)31/h3-12H,13H2,1-2H3,(H2,32,35). The quantitative estimate of drug-likeness (QED) is 0.246. The lowest BCUT2D eigenvalue weighted by Crippen LogP contribution is -2.23. The van der Waals surface area contributed by atoms with Gasteiger partial charge < -0.3 is 5.73 Å². The third-order valence-electron chi connectivity index (χ3n) is 5.87. The van der Waals surface area contributed by atoms with Gasteiger partial charge in [0.1, 0.15) is 17.5 Å². The third-order valence-corrected chi connectivity index (χ3v) is 7.59. The van der Waals surface area contributed by atoms with Gasteiger partial charge in [0.2, 0.25) is 5.91 Å². The van der Waals surface area contributed by atoms with Crippen LogP contribution in [-0.2, 0) is 11.2 Å². The summed E-state index contributed by atoms with van der Waals surface area (Å²) in [6, 6.07) is 13.0. The van der Waals surface area contributed by atoms with Gasteiger partial charge in [-0.15, -0.1) is 0 Å². The summed E-state index contributed by atoms with van der Waals surface area (Å²) in [5, 5.41) is 1.25. The second-order valence-corrected chi connectivity index (χ2v) is 10.3. The van der Waals surface area contributed by atoms with E-state index < -0.39 is 28.8 Å². The second kappa shape index (κ2) is 10.2. The van der Waals surface area contributed by atoms with Crippen LogP contribution in [0.1, 0.15) is 41.0 Å². The van der Waals surface area contributed by atoms with E-state index >= 15 is 0 Å². The molecular formula is C26H20Cl2F3N3OS. The monoisotopic (exact) mass is 549 g/mol. The summed E-state index contributed by atoms with van der Waals surface area (Å²) in [5.74, 6) is -3.20. The lowest BCUT2D eigenvalue weighted by Gasteiger charge is -2.28. The number of thioether (sulfide) groups is 1.